The van der Waals surface area contributed by atoms with Crippen molar-refractivity contribution in [3.8, 4) is 11.6 Å². The van der Waals surface area contributed by atoms with Gasteiger partial charge < -0.3 is 4.74 Å². The number of nitrogens with one attached hydrogen (secondary N) is 1. The van der Waals surface area contributed by atoms with Crippen LogP contribution in [0.4, 0.5) is 0 Å². The molecule has 0 unspecified atom stereocenters. The molecule has 0 atom stereocenters. The summed E-state index contributed by atoms with van der Waals surface area (Å²) in [5, 5.41) is 16.7. The minimum Gasteiger partial charge on any atom is -0.487 e. The van der Waals surface area contributed by atoms with E-state index in [1.165, 1.54) is 6.33 Å². The minimum absolute atomic E-state index is 0.134. The fourth-order valence-corrected chi connectivity index (χ4v) is 1.76. The highest BCUT2D eigenvalue weighted by molar-refractivity contribution is 5.32. The van der Waals surface area contributed by atoms with Crippen LogP contribution in [-0.2, 0) is 6.61 Å². The van der Waals surface area contributed by atoms with Crippen molar-refractivity contribution in [1.82, 2.24) is 35.4 Å². The predicted octanol–water partition coefficient (Wildman–Crippen LogP) is 0.0280. The summed E-state index contributed by atoms with van der Waals surface area (Å²) in [4.78, 5) is 15.6. The Bertz CT molecular complexity index is 811. The van der Waals surface area contributed by atoms with Gasteiger partial charge in [-0.3, -0.25) is 0 Å². The molecule has 0 aliphatic rings. The van der Waals surface area contributed by atoms with Gasteiger partial charge >= 0.3 is 5.69 Å². The number of aromatic nitrogens is 7. The lowest BCUT2D eigenvalue weighted by molar-refractivity contribution is 0.297. The monoisotopic (exact) mass is 285 g/mol. The number of hydrogen-bond donors (Lipinski definition) is 1. The Kier molecular flexibility index (Phi) is 3.37. The topological polar surface area (TPSA) is 111 Å². The highest BCUT2D eigenvalue weighted by Crippen LogP contribution is 2.18. The van der Waals surface area contributed by atoms with E-state index in [2.05, 4.69) is 30.7 Å². The van der Waals surface area contributed by atoms with E-state index in [-0.39, 0.29) is 12.4 Å². The van der Waals surface area contributed by atoms with Crippen molar-refractivity contribution < 1.29 is 4.74 Å². The zero-order valence-electron chi connectivity index (χ0n) is 11.1. The van der Waals surface area contributed by atoms with Gasteiger partial charge in [-0.15, -0.1) is 14.9 Å². The number of aromatic amines is 1. The Morgan fingerprint density at radius 1 is 1.33 bits per heavy atom. The number of tetrazole rings is 1. The number of para-hydroxylation sites is 1. The summed E-state index contributed by atoms with van der Waals surface area (Å²) < 4.78 is 6.68. The Labute approximate surface area is 118 Å². The van der Waals surface area contributed by atoms with Crippen LogP contribution >= 0.6 is 0 Å². The highest BCUT2D eigenvalue weighted by atomic mass is 16.5. The van der Waals surface area contributed by atoms with Gasteiger partial charge in [0.1, 0.15) is 24.4 Å². The van der Waals surface area contributed by atoms with E-state index in [0.717, 1.165) is 16.0 Å². The zero-order valence-corrected chi connectivity index (χ0v) is 11.1. The number of hydrogen-bond acceptors (Lipinski definition) is 7. The lowest BCUT2D eigenvalue weighted by atomic mass is 10.2. The van der Waals surface area contributed by atoms with Crippen molar-refractivity contribution in [3.05, 3.63) is 52.3 Å². The van der Waals surface area contributed by atoms with Gasteiger partial charge in [-0.2, -0.15) is 0 Å². The van der Waals surface area contributed by atoms with Crippen molar-refractivity contribution in [2.24, 2.45) is 0 Å². The van der Waals surface area contributed by atoms with E-state index < -0.39 is 5.69 Å². The number of aryl methyl sites for hydroxylation is 1. The van der Waals surface area contributed by atoms with Gasteiger partial charge in [0, 0.05) is 0 Å². The van der Waals surface area contributed by atoms with E-state index >= 15 is 0 Å². The number of rotatable bonds is 4. The fourth-order valence-electron chi connectivity index (χ4n) is 1.76. The van der Waals surface area contributed by atoms with Crippen LogP contribution in [-0.4, -0.2) is 35.4 Å². The summed E-state index contributed by atoms with van der Waals surface area (Å²) in [5.41, 5.74) is 0.915. The predicted molar refractivity (Wildman–Crippen MR) is 70.9 cm³/mol. The third-order valence-corrected chi connectivity index (χ3v) is 2.81. The molecule has 0 radical (unpaired) electrons. The molecule has 2 aromatic heterocycles. The minimum atomic E-state index is -0.519. The summed E-state index contributed by atoms with van der Waals surface area (Å²) in [5.74, 6) is 0.916. The van der Waals surface area contributed by atoms with Gasteiger partial charge in [-0.05, 0) is 29.0 Å². The van der Waals surface area contributed by atoms with Crippen LogP contribution in [0.25, 0.3) is 5.82 Å². The second kappa shape index (κ2) is 5.49. The third-order valence-electron chi connectivity index (χ3n) is 2.81. The van der Waals surface area contributed by atoms with Gasteiger partial charge in [-0.25, -0.2) is 14.9 Å². The average Bonchev–Trinajstić information content (AvgIpc) is 2.93. The van der Waals surface area contributed by atoms with Crippen LogP contribution in [0.1, 0.15) is 11.3 Å². The fraction of sp³-hybridized carbons (Fsp3) is 0.167. The van der Waals surface area contributed by atoms with Crippen molar-refractivity contribution in [1.29, 1.82) is 0 Å². The second-order valence-electron chi connectivity index (χ2n) is 4.20. The molecule has 0 fully saturated rings. The van der Waals surface area contributed by atoms with Crippen LogP contribution in [0.5, 0.6) is 5.75 Å². The summed E-state index contributed by atoms with van der Waals surface area (Å²) in [6.45, 7) is 2.08. The molecule has 0 aliphatic carbocycles. The highest BCUT2D eigenvalue weighted by Gasteiger charge is 2.13. The molecule has 3 aromatic rings. The molecule has 106 valence electrons. The number of nitrogens with zero attached hydrogens (tertiary/aromatic N) is 6. The van der Waals surface area contributed by atoms with Crippen LogP contribution in [0.15, 0.2) is 35.4 Å². The molecular formula is C12H11N7O2. The van der Waals surface area contributed by atoms with E-state index in [1.54, 1.807) is 0 Å². The SMILES string of the molecule is Cc1ccccc1OCc1ncnnc1-n1nn[nH]c1=O. The van der Waals surface area contributed by atoms with Gasteiger partial charge in [0.05, 0.1) is 0 Å². The number of ether oxygens (including phenoxy) is 1. The van der Waals surface area contributed by atoms with Crippen LogP contribution in [0.3, 0.4) is 0 Å². The smallest absolute Gasteiger partial charge is 0.367 e. The first kappa shape index (κ1) is 12.9. The molecule has 2 heterocycles. The standard InChI is InChI=1S/C12H11N7O2/c1-8-4-2-3-5-10(8)21-6-9-11(15-14-7-13-9)19-12(20)16-17-18-19/h2-5,7H,6H2,1H3,(H,16,18,20). The lowest BCUT2D eigenvalue weighted by Crippen LogP contribution is -2.20. The Morgan fingerprint density at radius 3 is 2.95 bits per heavy atom. The number of benzene rings is 1. The van der Waals surface area contributed by atoms with E-state index in [9.17, 15) is 4.79 Å². The zero-order chi connectivity index (χ0) is 14.7. The molecule has 0 amide bonds. The molecule has 9 nitrogen and oxygen atoms in total. The maximum atomic E-state index is 11.5. The Balaban J connectivity index is 1.89. The summed E-state index contributed by atoms with van der Waals surface area (Å²) in [6.07, 6.45) is 1.28. The summed E-state index contributed by atoms with van der Waals surface area (Å²) >= 11 is 0. The Morgan fingerprint density at radius 2 is 2.19 bits per heavy atom. The van der Waals surface area contributed by atoms with Gasteiger partial charge in [-0.1, -0.05) is 18.2 Å². The molecule has 0 bridgehead atoms. The molecule has 0 aliphatic heterocycles. The number of H-pyrrole nitrogens is 1. The van der Waals surface area contributed by atoms with Crippen LogP contribution < -0.4 is 10.4 Å². The molecule has 9 heteroatoms. The molecular weight excluding hydrogens is 274 g/mol. The average molecular weight is 285 g/mol. The third kappa shape index (κ3) is 2.61. The van der Waals surface area contributed by atoms with E-state index in [4.69, 9.17) is 4.74 Å². The quantitative estimate of drug-likeness (QED) is 0.719. The lowest BCUT2D eigenvalue weighted by Gasteiger charge is -2.09. The molecule has 1 aromatic carbocycles. The first-order valence-corrected chi connectivity index (χ1v) is 6.11. The molecule has 0 spiro atoms. The van der Waals surface area contributed by atoms with Crippen molar-refractivity contribution in [2.75, 3.05) is 0 Å². The van der Waals surface area contributed by atoms with Gasteiger partial charge in [0.25, 0.3) is 0 Å². The second-order valence-corrected chi connectivity index (χ2v) is 4.20. The van der Waals surface area contributed by atoms with Crippen LogP contribution in [0, 0.1) is 6.92 Å². The Hall–Kier alpha value is -3.10. The maximum Gasteiger partial charge on any atom is 0.367 e. The molecule has 21 heavy (non-hydrogen) atoms. The maximum absolute atomic E-state index is 11.5. The van der Waals surface area contributed by atoms with E-state index in [1.807, 2.05) is 31.2 Å². The molecule has 1 N–H and O–H groups in total. The van der Waals surface area contributed by atoms with Crippen molar-refractivity contribution >= 4 is 0 Å². The summed E-state index contributed by atoms with van der Waals surface area (Å²) in [6, 6.07) is 7.60. The largest absolute Gasteiger partial charge is 0.487 e. The van der Waals surface area contributed by atoms with Crippen LogP contribution in [0.2, 0.25) is 0 Å². The molecule has 0 saturated carbocycles. The molecule has 0 saturated heterocycles. The first-order valence-electron chi connectivity index (χ1n) is 6.11. The van der Waals surface area contributed by atoms with Gasteiger partial charge in [0.2, 0.25) is 5.82 Å². The first-order chi connectivity index (χ1) is 10.3. The summed E-state index contributed by atoms with van der Waals surface area (Å²) in [7, 11) is 0. The van der Waals surface area contributed by atoms with Gasteiger partial charge in [0.15, 0.2) is 0 Å². The van der Waals surface area contributed by atoms with Crippen molar-refractivity contribution in [2.45, 2.75) is 13.5 Å². The van der Waals surface area contributed by atoms with E-state index in [0.29, 0.717) is 5.69 Å². The molecule has 3 rings (SSSR count). The normalized spacial score (nSPS) is 10.5. The van der Waals surface area contributed by atoms with Crippen molar-refractivity contribution in [3.63, 3.8) is 0 Å².